The van der Waals surface area contributed by atoms with Crippen molar-refractivity contribution in [2.45, 2.75) is 52.4 Å². The fourth-order valence-corrected chi connectivity index (χ4v) is 21.6. The Morgan fingerprint density at radius 2 is 0.534 bits per heavy atom. The van der Waals surface area contributed by atoms with Crippen molar-refractivity contribution in [3.63, 3.8) is 0 Å². The van der Waals surface area contributed by atoms with E-state index in [9.17, 15) is 0 Å². The molecule has 8 heteroatoms. The summed E-state index contributed by atoms with van der Waals surface area (Å²) in [6.45, 7) is 13.5. The topological polar surface area (TPSA) is 32.8 Å². The Labute approximate surface area is 680 Å². The summed E-state index contributed by atoms with van der Waals surface area (Å²) in [5.41, 5.74) is 30.7. The van der Waals surface area contributed by atoms with Gasteiger partial charge in [-0.1, -0.05) is 242 Å². The maximum atomic E-state index is 2.75. The van der Waals surface area contributed by atoms with Crippen LogP contribution in [0.1, 0.15) is 52.7 Å². The quantitative estimate of drug-likeness (QED) is 0.116. The van der Waals surface area contributed by atoms with E-state index in [-0.39, 0.29) is 17.5 Å². The highest BCUT2D eigenvalue weighted by molar-refractivity contribution is 7.00. The van der Waals surface area contributed by atoms with Gasteiger partial charge < -0.3 is 32.3 Å². The van der Waals surface area contributed by atoms with Gasteiger partial charge in [-0.25, -0.2) is 0 Å². The molecule has 0 saturated carbocycles. The predicted molar refractivity (Wildman–Crippen MR) is 502 cm³/mol. The van der Waals surface area contributed by atoms with Gasteiger partial charge in [0.15, 0.2) is 0 Å². The van der Waals surface area contributed by atoms with Gasteiger partial charge in [-0.2, -0.15) is 0 Å². The van der Waals surface area contributed by atoms with E-state index < -0.39 is 0 Å². The molecule has 2 aliphatic heterocycles. The molecule has 0 unspecified atom stereocenters. The first-order valence-corrected chi connectivity index (χ1v) is 41.5. The summed E-state index contributed by atoms with van der Waals surface area (Å²) >= 11 is 0. The van der Waals surface area contributed by atoms with Crippen molar-refractivity contribution in [2.75, 3.05) is 4.90 Å². The molecule has 18 aromatic carbocycles. The molecule has 26 rings (SSSR count). The van der Waals surface area contributed by atoms with Crippen molar-refractivity contribution in [3.8, 4) is 34.1 Å². The number of benzene rings is 18. The van der Waals surface area contributed by atoms with Gasteiger partial charge in [0.05, 0.1) is 60.9 Å². The van der Waals surface area contributed by atoms with Crippen molar-refractivity contribution in [1.82, 2.24) is 27.4 Å². The fourth-order valence-electron chi connectivity index (χ4n) is 21.6. The number of para-hydroxylation sites is 8. The summed E-state index contributed by atoms with van der Waals surface area (Å²) in [4.78, 5) is 2.47. The summed E-state index contributed by atoms with van der Waals surface area (Å²) in [7, 11) is 0. The average Bonchev–Trinajstić information content (AvgIpc) is 1.41. The lowest BCUT2D eigenvalue weighted by atomic mass is 9.34. The molecule has 24 aromatic rings. The zero-order chi connectivity index (χ0) is 78.0. The highest BCUT2D eigenvalue weighted by atomic mass is 15.1. The van der Waals surface area contributed by atoms with E-state index in [4.69, 9.17) is 0 Å². The van der Waals surface area contributed by atoms with Crippen LogP contribution in [0, 0.1) is 0 Å². The maximum absolute atomic E-state index is 2.75. The van der Waals surface area contributed by atoms with Crippen LogP contribution in [0.15, 0.2) is 352 Å². The van der Waals surface area contributed by atoms with Crippen LogP contribution in [-0.2, 0) is 10.8 Å². The first-order valence-electron chi connectivity index (χ1n) is 41.5. The van der Waals surface area contributed by atoms with Crippen LogP contribution in [0.5, 0.6) is 0 Å². The normalized spacial score (nSPS) is 13.0. The van der Waals surface area contributed by atoms with Gasteiger partial charge in [-0.15, -0.1) is 0 Å². The molecule has 2 aliphatic rings. The Morgan fingerprint density at radius 1 is 0.220 bits per heavy atom. The molecular weight excluding hydrogens is 1430 g/mol. The minimum Gasteiger partial charge on any atom is -0.310 e. The smallest absolute Gasteiger partial charge is 0.252 e. The van der Waals surface area contributed by atoms with E-state index in [1.165, 1.54) is 191 Å². The molecule has 118 heavy (non-hydrogen) atoms. The fraction of sp³-hybridized carbons (Fsp3) is 0.0727. The van der Waals surface area contributed by atoms with Gasteiger partial charge in [-0.05, 0) is 217 Å². The molecule has 0 bridgehead atoms. The number of aromatic nitrogens is 6. The van der Waals surface area contributed by atoms with Crippen molar-refractivity contribution in [2.24, 2.45) is 0 Å². The summed E-state index contributed by atoms with van der Waals surface area (Å²) in [5.74, 6) is 0. The van der Waals surface area contributed by atoms with Gasteiger partial charge in [0.25, 0.3) is 6.71 Å². The first-order chi connectivity index (χ1) is 57.8. The van der Waals surface area contributed by atoms with Crippen LogP contribution in [0.2, 0.25) is 0 Å². The molecule has 0 N–H and O–H groups in total. The van der Waals surface area contributed by atoms with Crippen LogP contribution in [0.3, 0.4) is 0 Å². The van der Waals surface area contributed by atoms with Gasteiger partial charge in [0, 0.05) is 127 Å². The molecule has 7 nitrogen and oxygen atoms in total. The molecule has 0 radical (unpaired) electrons. The Hall–Kier alpha value is -14.6. The molecule has 0 atom stereocenters. The molecule has 554 valence electrons. The Morgan fingerprint density at radius 3 is 0.924 bits per heavy atom. The monoisotopic (exact) mass is 1510 g/mol. The molecular formula is C110H76BN7. The van der Waals surface area contributed by atoms with E-state index in [1.807, 2.05) is 0 Å². The summed E-state index contributed by atoms with van der Waals surface area (Å²) in [6, 6.07) is 135. The molecule has 0 spiro atoms. The molecule has 0 amide bonds. The second-order valence-electron chi connectivity index (χ2n) is 35.1. The SMILES string of the molecule is CC(C)(C)c1ccc(N(c2ccc(C(C)(C)C)cc2)c2ccc3c(c2)c2ccccc2c2c4c5c(cc32)-n2c3ccc(-n6c7ccccc7c7ccccc76)cc3c3cc(-n6c7ccccc7c7ccccc76)cc(c32)B5c2cc(-n3c5ccccc5c5ccccc53)cc3c5cc(-n6c7ccccc7c7ccccc76)ccc5n-4c23)cc1. The van der Waals surface area contributed by atoms with E-state index in [0.717, 1.165) is 50.8 Å². The maximum Gasteiger partial charge on any atom is 0.252 e. The van der Waals surface area contributed by atoms with Crippen molar-refractivity contribution in [3.05, 3.63) is 363 Å². The zero-order valence-electron chi connectivity index (χ0n) is 66.2. The van der Waals surface area contributed by atoms with Gasteiger partial charge in [-0.3, -0.25) is 0 Å². The Bertz CT molecular complexity index is 8320. The Balaban J connectivity index is 0.844. The summed E-state index contributed by atoms with van der Waals surface area (Å²) in [5, 5.41) is 21.9. The lowest BCUT2D eigenvalue weighted by Crippen LogP contribution is -2.59. The van der Waals surface area contributed by atoms with Crippen molar-refractivity contribution >= 4 is 203 Å². The standard InChI is InChI=1S/C110H76BN7/c1-109(2,3)65-43-47-67(48-44-65)112(68-49-45-66(46-50-68)110(4,5)6)69-51-54-75-85(57-69)74-25-7-8-34-84(74)104-88(75)64-103-105-108(104)118-102-56-53-71(114-95-37-19-11-28-78(95)79-29-12-20-38-96(79)114)59-87(102)90-61-73(116-99-41-23-15-32-82(99)83-33-16-24-42-100(83)116)63-92(107(90)118)111(105)91-62-72(115-97-39-21-13-30-80(97)81-31-14-22-40-98(81)115)60-89-86-58-70(52-55-101(86)117(103)106(89)91)113-93-35-17-9-26-76(93)77-27-10-18-36-94(77)113/h7-64H,1-6H3. The van der Waals surface area contributed by atoms with Crippen LogP contribution in [0.25, 0.3) is 197 Å². The number of nitrogens with zero attached hydrogens (tertiary/aromatic N) is 7. The third-order valence-corrected chi connectivity index (χ3v) is 26.8. The molecule has 8 heterocycles. The Kier molecular flexibility index (Phi) is 13.1. The second-order valence-corrected chi connectivity index (χ2v) is 35.1. The van der Waals surface area contributed by atoms with Crippen molar-refractivity contribution < 1.29 is 0 Å². The lowest BCUT2D eigenvalue weighted by molar-refractivity contribution is 0.590. The number of anilines is 3. The largest absolute Gasteiger partial charge is 0.310 e. The van der Waals surface area contributed by atoms with E-state index >= 15 is 0 Å². The summed E-state index contributed by atoms with van der Waals surface area (Å²) in [6.07, 6.45) is 0. The van der Waals surface area contributed by atoms with E-state index in [1.54, 1.807) is 0 Å². The number of rotatable bonds is 7. The highest BCUT2D eigenvalue weighted by Gasteiger charge is 2.44. The highest BCUT2D eigenvalue weighted by Crippen LogP contribution is 2.51. The predicted octanol–water partition coefficient (Wildman–Crippen LogP) is 26.9. The van der Waals surface area contributed by atoms with E-state index in [0.29, 0.717) is 0 Å². The third-order valence-electron chi connectivity index (χ3n) is 26.8. The zero-order valence-corrected chi connectivity index (χ0v) is 66.2. The molecule has 0 fully saturated rings. The number of fused-ring (bicyclic) bond motifs is 29. The van der Waals surface area contributed by atoms with Crippen molar-refractivity contribution in [1.29, 1.82) is 0 Å². The van der Waals surface area contributed by atoms with Gasteiger partial charge in [0.1, 0.15) is 0 Å². The van der Waals surface area contributed by atoms with Crippen LogP contribution < -0.4 is 21.3 Å². The van der Waals surface area contributed by atoms with Crippen LogP contribution in [0.4, 0.5) is 17.1 Å². The molecule has 0 aliphatic carbocycles. The average molecular weight is 1510 g/mol. The number of hydrogen-bond acceptors (Lipinski definition) is 1. The van der Waals surface area contributed by atoms with Crippen LogP contribution >= 0.6 is 0 Å². The molecule has 0 saturated heterocycles. The minimum absolute atomic E-state index is 0.0135. The van der Waals surface area contributed by atoms with Crippen LogP contribution in [-0.4, -0.2) is 34.1 Å². The van der Waals surface area contributed by atoms with Gasteiger partial charge >= 0.3 is 0 Å². The van der Waals surface area contributed by atoms with E-state index in [2.05, 4.69) is 426 Å². The molecule has 6 aromatic heterocycles. The van der Waals surface area contributed by atoms with Gasteiger partial charge in [0.2, 0.25) is 0 Å². The second kappa shape index (κ2) is 23.6. The lowest BCUT2D eigenvalue weighted by Gasteiger charge is -2.35. The minimum atomic E-state index is -0.303. The third kappa shape index (κ3) is 8.87. The number of hydrogen-bond donors (Lipinski definition) is 0. The summed E-state index contributed by atoms with van der Waals surface area (Å²) < 4.78 is 15.6. The first kappa shape index (κ1) is 65.8.